The summed E-state index contributed by atoms with van der Waals surface area (Å²) in [5.74, 6) is -0.737. The summed E-state index contributed by atoms with van der Waals surface area (Å²) in [6.07, 6.45) is 0.695. The molecule has 0 atom stereocenters. The van der Waals surface area contributed by atoms with Gasteiger partial charge in [-0.2, -0.15) is 0 Å². The summed E-state index contributed by atoms with van der Waals surface area (Å²) >= 11 is 5.85. The van der Waals surface area contributed by atoms with Crippen LogP contribution >= 0.6 is 11.6 Å². The Kier molecular flexibility index (Phi) is 7.00. The van der Waals surface area contributed by atoms with Crippen LogP contribution in [0.3, 0.4) is 0 Å². The fraction of sp³-hybridized carbons (Fsp3) is 0.533. The number of halogens is 1. The monoisotopic (exact) mass is 375 g/mol. The number of sulfonamides is 1. The molecular weight excluding hydrogens is 354 g/mol. The van der Waals surface area contributed by atoms with E-state index in [1.807, 2.05) is 0 Å². The zero-order chi connectivity index (χ0) is 17.6. The van der Waals surface area contributed by atoms with Crippen molar-refractivity contribution >= 4 is 27.6 Å². The van der Waals surface area contributed by atoms with E-state index in [1.54, 1.807) is 0 Å². The van der Waals surface area contributed by atoms with Gasteiger partial charge in [-0.05, 0) is 31.2 Å². The SMILES string of the molecule is COC(=O)c1cc(Cl)ccc1S(=O)(=O)NCCCN1CCNCC1. The smallest absolute Gasteiger partial charge is 0.339 e. The minimum Gasteiger partial charge on any atom is -0.465 e. The van der Waals surface area contributed by atoms with E-state index >= 15 is 0 Å². The Morgan fingerprint density at radius 2 is 2.08 bits per heavy atom. The first-order valence-corrected chi connectivity index (χ1v) is 9.61. The highest BCUT2D eigenvalue weighted by molar-refractivity contribution is 7.89. The minimum atomic E-state index is -3.81. The van der Waals surface area contributed by atoms with Crippen LogP contribution in [0.25, 0.3) is 0 Å². The number of rotatable bonds is 7. The third-order valence-electron chi connectivity index (χ3n) is 3.79. The molecule has 134 valence electrons. The highest BCUT2D eigenvalue weighted by atomic mass is 35.5. The second-order valence-corrected chi connectivity index (χ2v) is 7.65. The van der Waals surface area contributed by atoms with Gasteiger partial charge >= 0.3 is 5.97 Å². The molecule has 7 nitrogen and oxygen atoms in total. The van der Waals surface area contributed by atoms with Crippen molar-refractivity contribution in [3.05, 3.63) is 28.8 Å². The maximum absolute atomic E-state index is 12.5. The van der Waals surface area contributed by atoms with Crippen molar-refractivity contribution in [1.82, 2.24) is 14.9 Å². The number of ether oxygens (including phenoxy) is 1. The number of benzene rings is 1. The standard InChI is InChI=1S/C15H22ClN3O4S/c1-23-15(20)13-11-12(16)3-4-14(13)24(21,22)18-5-2-8-19-9-6-17-7-10-19/h3-4,11,17-18H,2,5-10H2,1H3. The number of nitrogens with one attached hydrogen (secondary N) is 2. The molecule has 9 heteroatoms. The topological polar surface area (TPSA) is 87.7 Å². The predicted octanol–water partition coefficient (Wildman–Crippen LogP) is 0.700. The third-order valence-corrected chi connectivity index (χ3v) is 5.54. The second-order valence-electron chi connectivity index (χ2n) is 5.48. The Morgan fingerprint density at radius 3 is 2.75 bits per heavy atom. The lowest BCUT2D eigenvalue weighted by molar-refractivity contribution is 0.0596. The van der Waals surface area contributed by atoms with Gasteiger partial charge in [0.25, 0.3) is 0 Å². The van der Waals surface area contributed by atoms with Crippen LogP contribution < -0.4 is 10.0 Å². The predicted molar refractivity (Wildman–Crippen MR) is 91.9 cm³/mol. The summed E-state index contributed by atoms with van der Waals surface area (Å²) in [5, 5.41) is 3.54. The van der Waals surface area contributed by atoms with Crippen LogP contribution in [0.15, 0.2) is 23.1 Å². The van der Waals surface area contributed by atoms with Crippen LogP contribution in [0.1, 0.15) is 16.8 Å². The van der Waals surface area contributed by atoms with Gasteiger partial charge in [-0.3, -0.25) is 0 Å². The Morgan fingerprint density at radius 1 is 1.38 bits per heavy atom. The number of carbonyl (C=O) groups excluding carboxylic acids is 1. The average Bonchev–Trinajstić information content (AvgIpc) is 2.58. The molecule has 0 aliphatic carbocycles. The van der Waals surface area contributed by atoms with Crippen LogP contribution in [0.5, 0.6) is 0 Å². The Labute approximate surface area is 147 Å². The molecule has 0 radical (unpaired) electrons. The van der Waals surface area contributed by atoms with Crippen LogP contribution in [0.2, 0.25) is 5.02 Å². The van der Waals surface area contributed by atoms with E-state index < -0.39 is 16.0 Å². The number of nitrogens with zero attached hydrogens (tertiary/aromatic N) is 1. The molecule has 0 amide bonds. The van der Waals surface area contributed by atoms with Crippen molar-refractivity contribution in [2.45, 2.75) is 11.3 Å². The van der Waals surface area contributed by atoms with E-state index in [9.17, 15) is 13.2 Å². The molecule has 2 N–H and O–H groups in total. The Balaban J connectivity index is 1.98. The Bertz CT molecular complexity index is 675. The molecule has 1 fully saturated rings. The average molecular weight is 376 g/mol. The number of hydrogen-bond donors (Lipinski definition) is 2. The maximum atomic E-state index is 12.5. The van der Waals surface area contributed by atoms with Crippen molar-refractivity contribution in [1.29, 1.82) is 0 Å². The van der Waals surface area contributed by atoms with Crippen molar-refractivity contribution in [2.24, 2.45) is 0 Å². The lowest BCUT2D eigenvalue weighted by atomic mass is 10.2. The van der Waals surface area contributed by atoms with Gasteiger partial charge in [-0.1, -0.05) is 11.6 Å². The van der Waals surface area contributed by atoms with E-state index in [0.717, 1.165) is 32.7 Å². The van der Waals surface area contributed by atoms with Crippen molar-refractivity contribution in [2.75, 3.05) is 46.4 Å². The molecule has 0 aromatic heterocycles. The summed E-state index contributed by atoms with van der Waals surface area (Å²) in [6.45, 7) is 4.98. The fourth-order valence-corrected chi connectivity index (χ4v) is 3.95. The van der Waals surface area contributed by atoms with Gasteiger partial charge in [-0.25, -0.2) is 17.9 Å². The van der Waals surface area contributed by atoms with Gasteiger partial charge in [0.05, 0.1) is 17.6 Å². The molecule has 1 heterocycles. The quantitative estimate of drug-likeness (QED) is 0.539. The Hall–Kier alpha value is -1.19. The molecule has 1 saturated heterocycles. The van der Waals surface area contributed by atoms with Crippen LogP contribution in [0.4, 0.5) is 0 Å². The zero-order valence-corrected chi connectivity index (χ0v) is 15.1. The van der Waals surface area contributed by atoms with Gasteiger partial charge < -0.3 is 15.0 Å². The summed E-state index contributed by atoms with van der Waals surface area (Å²) in [7, 11) is -2.61. The van der Waals surface area contributed by atoms with E-state index in [1.165, 1.54) is 25.3 Å². The van der Waals surface area contributed by atoms with E-state index in [2.05, 4.69) is 19.7 Å². The molecule has 1 aliphatic rings. The molecule has 0 spiro atoms. The van der Waals surface area contributed by atoms with Gasteiger partial charge in [0.15, 0.2) is 0 Å². The van der Waals surface area contributed by atoms with Gasteiger partial charge in [0, 0.05) is 37.7 Å². The lowest BCUT2D eigenvalue weighted by Crippen LogP contribution is -2.44. The van der Waals surface area contributed by atoms with Gasteiger partial charge in [0.2, 0.25) is 10.0 Å². The first-order valence-electron chi connectivity index (χ1n) is 7.74. The highest BCUT2D eigenvalue weighted by Gasteiger charge is 2.23. The van der Waals surface area contributed by atoms with E-state index in [-0.39, 0.29) is 15.5 Å². The van der Waals surface area contributed by atoms with Crippen molar-refractivity contribution in [3.8, 4) is 0 Å². The second kappa shape index (κ2) is 8.77. The van der Waals surface area contributed by atoms with E-state index in [4.69, 9.17) is 11.6 Å². The van der Waals surface area contributed by atoms with Crippen LogP contribution in [-0.4, -0.2) is 65.7 Å². The third kappa shape index (κ3) is 5.15. The number of carbonyl (C=O) groups is 1. The molecule has 2 rings (SSSR count). The minimum absolute atomic E-state index is 0.0698. The molecule has 24 heavy (non-hydrogen) atoms. The zero-order valence-electron chi connectivity index (χ0n) is 13.5. The van der Waals surface area contributed by atoms with E-state index in [0.29, 0.717) is 13.0 Å². The summed E-state index contributed by atoms with van der Waals surface area (Å²) in [6, 6.07) is 4.04. The van der Waals surface area contributed by atoms with Crippen LogP contribution in [-0.2, 0) is 14.8 Å². The van der Waals surface area contributed by atoms with Crippen LogP contribution in [0, 0.1) is 0 Å². The largest absolute Gasteiger partial charge is 0.465 e. The number of piperazine rings is 1. The molecule has 0 bridgehead atoms. The van der Waals surface area contributed by atoms with Crippen molar-refractivity contribution in [3.63, 3.8) is 0 Å². The van der Waals surface area contributed by atoms with Gasteiger partial charge in [0.1, 0.15) is 0 Å². The first-order chi connectivity index (χ1) is 11.4. The summed E-state index contributed by atoms with van der Waals surface area (Å²) in [5.41, 5.74) is -0.0698. The number of methoxy groups -OCH3 is 1. The number of hydrogen-bond acceptors (Lipinski definition) is 6. The first kappa shape index (κ1) is 19.1. The summed E-state index contributed by atoms with van der Waals surface area (Å²) < 4.78 is 32.1. The molecule has 0 saturated carbocycles. The number of esters is 1. The molecule has 1 aromatic carbocycles. The van der Waals surface area contributed by atoms with Crippen molar-refractivity contribution < 1.29 is 17.9 Å². The molecular formula is C15H22ClN3O4S. The maximum Gasteiger partial charge on any atom is 0.339 e. The normalized spacial score (nSPS) is 16.1. The molecule has 1 aliphatic heterocycles. The summed E-state index contributed by atoms with van der Waals surface area (Å²) in [4.78, 5) is 13.9. The lowest BCUT2D eigenvalue weighted by Gasteiger charge is -2.27. The molecule has 0 unspecified atom stereocenters. The highest BCUT2D eigenvalue weighted by Crippen LogP contribution is 2.21. The van der Waals surface area contributed by atoms with Gasteiger partial charge in [-0.15, -0.1) is 0 Å². The molecule has 1 aromatic rings. The fourth-order valence-electron chi connectivity index (χ4n) is 2.53.